The van der Waals surface area contributed by atoms with E-state index in [0.717, 1.165) is 10.9 Å². The first-order valence-electron chi connectivity index (χ1n) is 8.43. The molecule has 0 aliphatic carbocycles. The first kappa shape index (κ1) is 16.8. The highest BCUT2D eigenvalue weighted by molar-refractivity contribution is 6.19. The Morgan fingerprint density at radius 3 is 2.67 bits per heavy atom. The van der Waals surface area contributed by atoms with Crippen LogP contribution in [0.5, 0.6) is 0 Å². The number of aromatic nitrogens is 2. The van der Waals surface area contributed by atoms with Crippen molar-refractivity contribution in [2.24, 2.45) is 0 Å². The summed E-state index contributed by atoms with van der Waals surface area (Å²) in [5.41, 5.74) is 3.62. The van der Waals surface area contributed by atoms with Gasteiger partial charge in [0.1, 0.15) is 11.5 Å². The number of H-pyrrole nitrogens is 1. The lowest BCUT2D eigenvalue weighted by atomic mass is 9.97. The number of hydrogen-bond donors (Lipinski definition) is 2. The van der Waals surface area contributed by atoms with Crippen LogP contribution in [0.1, 0.15) is 27.2 Å². The molecule has 6 nitrogen and oxygen atoms in total. The Labute approximate surface area is 154 Å². The van der Waals surface area contributed by atoms with Crippen LogP contribution in [0.4, 0.5) is 0 Å². The highest BCUT2D eigenvalue weighted by atomic mass is 16.5. The maximum atomic E-state index is 13.2. The van der Waals surface area contributed by atoms with Crippen molar-refractivity contribution in [2.45, 2.75) is 13.3 Å². The summed E-state index contributed by atoms with van der Waals surface area (Å²) >= 11 is 0. The number of ketones is 1. The van der Waals surface area contributed by atoms with Crippen LogP contribution >= 0.6 is 0 Å². The third kappa shape index (κ3) is 3.01. The maximum absolute atomic E-state index is 13.2. The number of carboxylic acid groups (broad SMARTS) is 1. The second-order valence-electron chi connectivity index (χ2n) is 6.31. The standard InChI is InChI=1S/C21H16N2O4/c1-12-19(20(23-27-12)14-5-3-2-4-6-14)21(26)16-11-22-17-9-13(10-18(24)25)7-8-15(16)17/h2-9,11,22H,10H2,1H3,(H,24,25). The van der Waals surface area contributed by atoms with E-state index in [1.54, 1.807) is 31.3 Å². The van der Waals surface area contributed by atoms with Gasteiger partial charge < -0.3 is 14.6 Å². The van der Waals surface area contributed by atoms with Gasteiger partial charge >= 0.3 is 5.97 Å². The van der Waals surface area contributed by atoms with Crippen molar-refractivity contribution in [3.8, 4) is 11.3 Å². The normalized spacial score (nSPS) is 11.0. The summed E-state index contributed by atoms with van der Waals surface area (Å²) in [7, 11) is 0. The molecular weight excluding hydrogens is 344 g/mol. The molecular formula is C21H16N2O4. The topological polar surface area (TPSA) is 96.2 Å². The van der Waals surface area contributed by atoms with Crippen molar-refractivity contribution in [1.29, 1.82) is 0 Å². The first-order valence-corrected chi connectivity index (χ1v) is 8.43. The Kier molecular flexibility index (Phi) is 4.08. The van der Waals surface area contributed by atoms with Crippen LogP contribution in [0.2, 0.25) is 0 Å². The van der Waals surface area contributed by atoms with E-state index >= 15 is 0 Å². The quantitative estimate of drug-likeness (QED) is 0.525. The molecule has 27 heavy (non-hydrogen) atoms. The maximum Gasteiger partial charge on any atom is 0.307 e. The van der Waals surface area contributed by atoms with Gasteiger partial charge in [-0.15, -0.1) is 0 Å². The fourth-order valence-corrected chi connectivity index (χ4v) is 3.21. The number of aliphatic carboxylic acids is 1. The molecule has 0 unspecified atom stereocenters. The molecule has 0 saturated carbocycles. The number of nitrogens with one attached hydrogen (secondary N) is 1. The molecule has 0 saturated heterocycles. The Balaban J connectivity index is 1.78. The molecule has 0 atom stereocenters. The predicted octanol–water partition coefficient (Wildman–Crippen LogP) is 3.99. The fraction of sp³-hybridized carbons (Fsp3) is 0.0952. The third-order valence-corrected chi connectivity index (χ3v) is 4.48. The zero-order valence-corrected chi connectivity index (χ0v) is 14.5. The zero-order chi connectivity index (χ0) is 19.0. The molecule has 4 rings (SSSR count). The number of carbonyl (C=O) groups is 2. The molecule has 2 N–H and O–H groups in total. The predicted molar refractivity (Wildman–Crippen MR) is 99.7 cm³/mol. The summed E-state index contributed by atoms with van der Waals surface area (Å²) in [5.74, 6) is -0.634. The Hall–Kier alpha value is -3.67. The molecule has 4 aromatic rings. The summed E-state index contributed by atoms with van der Waals surface area (Å²) in [4.78, 5) is 27.2. The molecule has 2 aromatic heterocycles. The molecule has 0 bridgehead atoms. The lowest BCUT2D eigenvalue weighted by Crippen LogP contribution is -2.03. The molecule has 0 radical (unpaired) electrons. The van der Waals surface area contributed by atoms with E-state index in [9.17, 15) is 9.59 Å². The fourth-order valence-electron chi connectivity index (χ4n) is 3.21. The van der Waals surface area contributed by atoms with Crippen molar-refractivity contribution in [3.63, 3.8) is 0 Å². The van der Waals surface area contributed by atoms with Crippen LogP contribution in [-0.2, 0) is 11.2 Å². The molecule has 2 heterocycles. The van der Waals surface area contributed by atoms with Gasteiger partial charge in [-0.3, -0.25) is 9.59 Å². The van der Waals surface area contributed by atoms with Gasteiger partial charge in [-0.1, -0.05) is 47.6 Å². The first-order chi connectivity index (χ1) is 13.0. The minimum atomic E-state index is -0.898. The molecule has 134 valence electrons. The third-order valence-electron chi connectivity index (χ3n) is 4.48. The lowest BCUT2D eigenvalue weighted by molar-refractivity contribution is -0.136. The Bertz CT molecular complexity index is 1160. The highest BCUT2D eigenvalue weighted by Crippen LogP contribution is 2.30. The summed E-state index contributed by atoms with van der Waals surface area (Å²) in [5, 5.41) is 13.7. The van der Waals surface area contributed by atoms with E-state index in [0.29, 0.717) is 33.7 Å². The largest absolute Gasteiger partial charge is 0.481 e. The van der Waals surface area contributed by atoms with E-state index in [1.807, 2.05) is 30.3 Å². The van der Waals surface area contributed by atoms with E-state index < -0.39 is 5.97 Å². The average Bonchev–Trinajstić information content (AvgIpc) is 3.24. The molecule has 2 aromatic carbocycles. The van der Waals surface area contributed by atoms with Gasteiger partial charge in [0.2, 0.25) is 5.78 Å². The molecule has 6 heteroatoms. The summed E-state index contributed by atoms with van der Waals surface area (Å²) in [6, 6.07) is 14.6. The van der Waals surface area contributed by atoms with Crippen LogP contribution in [0.3, 0.4) is 0 Å². The number of carboxylic acids is 1. The number of carbonyl (C=O) groups excluding carboxylic acids is 1. The van der Waals surface area contributed by atoms with E-state index in [-0.39, 0.29) is 12.2 Å². The minimum Gasteiger partial charge on any atom is -0.481 e. The summed E-state index contributed by atoms with van der Waals surface area (Å²) in [6.45, 7) is 1.71. The molecule has 0 aliphatic heterocycles. The summed E-state index contributed by atoms with van der Waals surface area (Å²) < 4.78 is 5.30. The van der Waals surface area contributed by atoms with Gasteiger partial charge in [0.05, 0.1) is 12.0 Å². The van der Waals surface area contributed by atoms with Gasteiger partial charge in [-0.2, -0.15) is 0 Å². The van der Waals surface area contributed by atoms with Gasteiger partial charge in [0.25, 0.3) is 0 Å². The zero-order valence-electron chi connectivity index (χ0n) is 14.5. The lowest BCUT2D eigenvalue weighted by Gasteiger charge is -2.03. The van der Waals surface area contributed by atoms with Crippen molar-refractivity contribution in [1.82, 2.24) is 10.1 Å². The van der Waals surface area contributed by atoms with E-state index in [1.165, 1.54) is 0 Å². The van der Waals surface area contributed by atoms with Crippen molar-refractivity contribution < 1.29 is 19.2 Å². The monoisotopic (exact) mass is 360 g/mol. The average molecular weight is 360 g/mol. The van der Waals surface area contributed by atoms with Crippen LogP contribution in [0.25, 0.3) is 22.2 Å². The smallest absolute Gasteiger partial charge is 0.307 e. The molecule has 0 amide bonds. The second kappa shape index (κ2) is 6.57. The van der Waals surface area contributed by atoms with Gasteiger partial charge in [0.15, 0.2) is 0 Å². The second-order valence-corrected chi connectivity index (χ2v) is 6.31. The summed E-state index contributed by atoms with van der Waals surface area (Å²) in [6.07, 6.45) is 1.57. The molecule has 0 aliphatic rings. The minimum absolute atomic E-state index is 0.0683. The van der Waals surface area contributed by atoms with Crippen molar-refractivity contribution in [3.05, 3.63) is 77.2 Å². The number of rotatable bonds is 5. The Morgan fingerprint density at radius 2 is 1.93 bits per heavy atom. The molecule has 0 spiro atoms. The molecule has 0 fully saturated rings. The van der Waals surface area contributed by atoms with Gasteiger partial charge in [-0.25, -0.2) is 0 Å². The van der Waals surface area contributed by atoms with Crippen LogP contribution in [0, 0.1) is 6.92 Å². The van der Waals surface area contributed by atoms with Crippen molar-refractivity contribution in [2.75, 3.05) is 0 Å². The van der Waals surface area contributed by atoms with Crippen molar-refractivity contribution >= 4 is 22.7 Å². The van der Waals surface area contributed by atoms with Crippen LogP contribution < -0.4 is 0 Å². The number of aryl methyl sites for hydroxylation is 1. The number of nitrogens with zero attached hydrogens (tertiary/aromatic N) is 1. The number of benzene rings is 2. The van der Waals surface area contributed by atoms with Crippen LogP contribution in [0.15, 0.2) is 59.3 Å². The van der Waals surface area contributed by atoms with E-state index in [4.69, 9.17) is 9.63 Å². The van der Waals surface area contributed by atoms with Gasteiger partial charge in [0, 0.05) is 28.2 Å². The van der Waals surface area contributed by atoms with Crippen LogP contribution in [-0.4, -0.2) is 27.0 Å². The van der Waals surface area contributed by atoms with Gasteiger partial charge in [-0.05, 0) is 18.6 Å². The SMILES string of the molecule is Cc1onc(-c2ccccc2)c1C(=O)c1c[nH]c2cc(CC(=O)O)ccc12. The van der Waals surface area contributed by atoms with E-state index in [2.05, 4.69) is 10.1 Å². The number of fused-ring (bicyclic) bond motifs is 1. The number of aromatic amines is 1. The highest BCUT2D eigenvalue weighted by Gasteiger charge is 2.24. The number of hydrogen-bond acceptors (Lipinski definition) is 4. The Morgan fingerprint density at radius 1 is 1.15 bits per heavy atom.